The summed E-state index contributed by atoms with van der Waals surface area (Å²) in [6, 6.07) is 7.11. The average molecular weight is 318 g/mol. The number of halogens is 1. The van der Waals surface area contributed by atoms with Gasteiger partial charge in [-0.05, 0) is 25.0 Å². The van der Waals surface area contributed by atoms with Crippen LogP contribution in [0.25, 0.3) is 0 Å². The molecule has 5 nitrogen and oxygen atoms in total. The Kier molecular flexibility index (Phi) is 4.53. The molecule has 1 aromatic heterocycles. The Morgan fingerprint density at radius 1 is 1.32 bits per heavy atom. The highest BCUT2D eigenvalue weighted by Gasteiger charge is 2.26. The van der Waals surface area contributed by atoms with E-state index in [1.165, 1.54) is 0 Å². The van der Waals surface area contributed by atoms with E-state index in [9.17, 15) is 4.79 Å². The molecular weight excluding hydrogens is 302 g/mol. The van der Waals surface area contributed by atoms with Gasteiger partial charge in [0.25, 0.3) is 5.91 Å². The van der Waals surface area contributed by atoms with Crippen LogP contribution in [0.4, 0.5) is 0 Å². The molecule has 3 rings (SSSR count). The maximum atomic E-state index is 12.6. The highest BCUT2D eigenvalue weighted by atomic mass is 35.5. The van der Waals surface area contributed by atoms with Crippen LogP contribution < -0.4 is 4.74 Å². The SMILES string of the molecule is O=C(c1ccccc1Cl)N1CCCC(Oc2cnccn2)C1. The Hall–Kier alpha value is -2.14. The summed E-state index contributed by atoms with van der Waals surface area (Å²) >= 11 is 6.11. The monoisotopic (exact) mass is 317 g/mol. The lowest BCUT2D eigenvalue weighted by Crippen LogP contribution is -2.44. The minimum absolute atomic E-state index is 0.0574. The number of hydrogen-bond acceptors (Lipinski definition) is 4. The maximum Gasteiger partial charge on any atom is 0.255 e. The predicted octanol–water partition coefficient (Wildman–Crippen LogP) is 2.81. The van der Waals surface area contributed by atoms with Crippen molar-refractivity contribution >= 4 is 17.5 Å². The summed E-state index contributed by atoms with van der Waals surface area (Å²) in [7, 11) is 0. The normalized spacial score (nSPS) is 18.0. The van der Waals surface area contributed by atoms with Crippen molar-refractivity contribution in [2.75, 3.05) is 13.1 Å². The molecule has 1 aliphatic heterocycles. The van der Waals surface area contributed by atoms with Crippen molar-refractivity contribution in [3.63, 3.8) is 0 Å². The number of piperidine rings is 1. The highest BCUT2D eigenvalue weighted by Crippen LogP contribution is 2.21. The Morgan fingerprint density at radius 2 is 2.18 bits per heavy atom. The highest BCUT2D eigenvalue weighted by molar-refractivity contribution is 6.33. The van der Waals surface area contributed by atoms with E-state index in [1.807, 2.05) is 12.1 Å². The molecule has 1 unspecified atom stereocenters. The number of nitrogens with zero attached hydrogens (tertiary/aromatic N) is 3. The smallest absolute Gasteiger partial charge is 0.255 e. The second kappa shape index (κ2) is 6.75. The van der Waals surface area contributed by atoms with Crippen molar-refractivity contribution in [1.29, 1.82) is 0 Å². The molecule has 2 aromatic rings. The molecule has 2 heterocycles. The molecule has 0 N–H and O–H groups in total. The summed E-state index contributed by atoms with van der Waals surface area (Å²) in [5.74, 6) is 0.428. The summed E-state index contributed by atoms with van der Waals surface area (Å²) in [5.41, 5.74) is 0.532. The summed E-state index contributed by atoms with van der Waals surface area (Å²) in [6.07, 6.45) is 6.47. The molecule has 114 valence electrons. The van der Waals surface area contributed by atoms with Gasteiger partial charge >= 0.3 is 0 Å². The molecule has 22 heavy (non-hydrogen) atoms. The second-order valence-electron chi connectivity index (χ2n) is 5.16. The molecule has 0 saturated carbocycles. The van der Waals surface area contributed by atoms with Crippen LogP contribution in [0.1, 0.15) is 23.2 Å². The quantitative estimate of drug-likeness (QED) is 0.873. The third-order valence-electron chi connectivity index (χ3n) is 3.60. The molecule has 1 aliphatic rings. The largest absolute Gasteiger partial charge is 0.471 e. The fourth-order valence-electron chi connectivity index (χ4n) is 2.54. The van der Waals surface area contributed by atoms with E-state index in [2.05, 4.69) is 9.97 Å². The van der Waals surface area contributed by atoms with Gasteiger partial charge in [-0.15, -0.1) is 0 Å². The topological polar surface area (TPSA) is 55.3 Å². The molecule has 0 radical (unpaired) electrons. The van der Waals surface area contributed by atoms with Gasteiger partial charge in [0, 0.05) is 18.9 Å². The van der Waals surface area contributed by atoms with Gasteiger partial charge in [0.2, 0.25) is 5.88 Å². The number of carbonyl (C=O) groups is 1. The van der Waals surface area contributed by atoms with E-state index in [4.69, 9.17) is 16.3 Å². The van der Waals surface area contributed by atoms with Gasteiger partial charge in [-0.25, -0.2) is 4.98 Å². The van der Waals surface area contributed by atoms with Crippen molar-refractivity contribution in [2.45, 2.75) is 18.9 Å². The third kappa shape index (κ3) is 3.36. The lowest BCUT2D eigenvalue weighted by atomic mass is 10.1. The Labute approximate surface area is 133 Å². The molecular formula is C16H16ClN3O2. The zero-order chi connectivity index (χ0) is 15.4. The molecule has 0 bridgehead atoms. The third-order valence-corrected chi connectivity index (χ3v) is 3.93. The van der Waals surface area contributed by atoms with E-state index in [1.54, 1.807) is 35.6 Å². The fraction of sp³-hybridized carbons (Fsp3) is 0.312. The fourth-order valence-corrected chi connectivity index (χ4v) is 2.76. The first kappa shape index (κ1) is 14.8. The van der Waals surface area contributed by atoms with Gasteiger partial charge in [-0.2, -0.15) is 0 Å². The summed E-state index contributed by atoms with van der Waals surface area (Å²) in [4.78, 5) is 22.4. The maximum absolute atomic E-state index is 12.6. The van der Waals surface area contributed by atoms with Crippen LogP contribution >= 0.6 is 11.6 Å². The van der Waals surface area contributed by atoms with E-state index in [0.717, 1.165) is 12.8 Å². The number of amides is 1. The lowest BCUT2D eigenvalue weighted by molar-refractivity contribution is 0.0527. The van der Waals surface area contributed by atoms with Crippen LogP contribution in [0.2, 0.25) is 5.02 Å². The molecule has 1 saturated heterocycles. The zero-order valence-electron chi connectivity index (χ0n) is 12.0. The first-order valence-corrected chi connectivity index (χ1v) is 7.58. The standard InChI is InChI=1S/C16H16ClN3O2/c17-14-6-2-1-5-13(14)16(21)20-9-3-4-12(11-20)22-15-10-18-7-8-19-15/h1-2,5-8,10,12H,3-4,9,11H2. The first-order valence-electron chi connectivity index (χ1n) is 7.20. The minimum Gasteiger partial charge on any atom is -0.471 e. The van der Waals surface area contributed by atoms with Crippen molar-refractivity contribution in [3.8, 4) is 5.88 Å². The molecule has 1 aromatic carbocycles. The summed E-state index contributed by atoms with van der Waals surface area (Å²) in [5, 5.41) is 0.476. The van der Waals surface area contributed by atoms with Crippen LogP contribution in [-0.4, -0.2) is 40.0 Å². The van der Waals surface area contributed by atoms with Gasteiger partial charge in [0.15, 0.2) is 0 Å². The van der Waals surface area contributed by atoms with Gasteiger partial charge < -0.3 is 9.64 Å². The van der Waals surface area contributed by atoms with E-state index >= 15 is 0 Å². The van der Waals surface area contributed by atoms with Crippen LogP contribution in [0.15, 0.2) is 42.9 Å². The van der Waals surface area contributed by atoms with Crippen LogP contribution in [0.3, 0.4) is 0 Å². The van der Waals surface area contributed by atoms with Gasteiger partial charge in [0.1, 0.15) is 6.10 Å². The van der Waals surface area contributed by atoms with Gasteiger partial charge in [-0.1, -0.05) is 23.7 Å². The Balaban J connectivity index is 1.68. The van der Waals surface area contributed by atoms with E-state index in [0.29, 0.717) is 29.6 Å². The second-order valence-corrected chi connectivity index (χ2v) is 5.56. The van der Waals surface area contributed by atoms with Crippen molar-refractivity contribution in [3.05, 3.63) is 53.4 Å². The number of hydrogen-bond donors (Lipinski definition) is 0. The predicted molar refractivity (Wildman–Crippen MR) is 83.0 cm³/mol. The molecule has 1 atom stereocenters. The van der Waals surface area contributed by atoms with Gasteiger partial charge in [0.05, 0.1) is 23.3 Å². The number of benzene rings is 1. The summed E-state index contributed by atoms with van der Waals surface area (Å²) in [6.45, 7) is 1.24. The average Bonchev–Trinajstić information content (AvgIpc) is 2.56. The number of likely N-dealkylation sites (tertiary alicyclic amines) is 1. The molecule has 1 amide bonds. The number of aromatic nitrogens is 2. The van der Waals surface area contributed by atoms with Crippen molar-refractivity contribution in [1.82, 2.24) is 14.9 Å². The number of ether oxygens (including phenoxy) is 1. The van der Waals surface area contributed by atoms with Crippen LogP contribution in [-0.2, 0) is 0 Å². The van der Waals surface area contributed by atoms with Crippen molar-refractivity contribution < 1.29 is 9.53 Å². The van der Waals surface area contributed by atoms with Crippen LogP contribution in [0, 0.1) is 0 Å². The molecule has 1 fully saturated rings. The molecule has 0 aliphatic carbocycles. The zero-order valence-corrected chi connectivity index (χ0v) is 12.7. The number of rotatable bonds is 3. The summed E-state index contributed by atoms with van der Waals surface area (Å²) < 4.78 is 5.80. The van der Waals surface area contributed by atoms with E-state index in [-0.39, 0.29) is 12.0 Å². The molecule has 0 spiro atoms. The first-order chi connectivity index (χ1) is 10.7. The Morgan fingerprint density at radius 3 is 2.95 bits per heavy atom. The lowest BCUT2D eigenvalue weighted by Gasteiger charge is -2.32. The van der Waals surface area contributed by atoms with E-state index < -0.39 is 0 Å². The molecule has 6 heteroatoms. The Bertz CT molecular complexity index is 651. The van der Waals surface area contributed by atoms with Gasteiger partial charge in [-0.3, -0.25) is 9.78 Å². The number of carbonyl (C=O) groups excluding carboxylic acids is 1. The van der Waals surface area contributed by atoms with Crippen LogP contribution in [0.5, 0.6) is 5.88 Å². The minimum atomic E-state index is -0.0723. The van der Waals surface area contributed by atoms with Crippen molar-refractivity contribution in [2.24, 2.45) is 0 Å².